The van der Waals surface area contributed by atoms with Gasteiger partial charge in [0, 0.05) is 17.5 Å². The van der Waals surface area contributed by atoms with Crippen molar-refractivity contribution in [3.63, 3.8) is 0 Å². The molecule has 0 bridgehead atoms. The molecule has 0 saturated carbocycles. The Kier molecular flexibility index (Phi) is 7.09. The largest absolute Gasteiger partial charge is 0.481 e. The molecule has 3 nitrogen and oxygen atoms in total. The summed E-state index contributed by atoms with van der Waals surface area (Å²) < 4.78 is 0. The molecule has 0 amide bonds. The van der Waals surface area contributed by atoms with Crippen LogP contribution in [-0.2, 0) is 4.79 Å². The van der Waals surface area contributed by atoms with E-state index in [-0.39, 0.29) is 11.7 Å². The van der Waals surface area contributed by atoms with Gasteiger partial charge in [-0.05, 0) is 20.5 Å². The zero-order valence-corrected chi connectivity index (χ0v) is 9.43. The third-order valence-corrected chi connectivity index (χ3v) is 3.14. The van der Waals surface area contributed by atoms with E-state index in [2.05, 4.69) is 4.90 Å². The standard InChI is InChI=1S/C9H19NO2S/c1-4-8(7-9(11)12)13-6-5-10(2)3/h8H,4-7H2,1-3H3,(H,11,12). The van der Waals surface area contributed by atoms with E-state index < -0.39 is 5.97 Å². The van der Waals surface area contributed by atoms with Gasteiger partial charge in [-0.2, -0.15) is 11.8 Å². The molecule has 1 atom stereocenters. The summed E-state index contributed by atoms with van der Waals surface area (Å²) in [5, 5.41) is 8.88. The fourth-order valence-corrected chi connectivity index (χ4v) is 2.22. The molecule has 0 saturated heterocycles. The molecular formula is C9H19NO2S. The van der Waals surface area contributed by atoms with Gasteiger partial charge >= 0.3 is 5.97 Å². The lowest BCUT2D eigenvalue weighted by Crippen LogP contribution is -2.17. The summed E-state index contributed by atoms with van der Waals surface area (Å²) >= 11 is 1.76. The first-order chi connectivity index (χ1) is 6.06. The van der Waals surface area contributed by atoms with Crippen LogP contribution in [0.4, 0.5) is 0 Å². The molecule has 0 aliphatic rings. The maximum atomic E-state index is 10.4. The molecular weight excluding hydrogens is 186 g/mol. The van der Waals surface area contributed by atoms with Crippen LogP contribution in [0, 0.1) is 0 Å². The fourth-order valence-electron chi connectivity index (χ4n) is 0.918. The van der Waals surface area contributed by atoms with E-state index in [0.717, 1.165) is 18.7 Å². The average Bonchev–Trinajstić information content (AvgIpc) is 2.01. The highest BCUT2D eigenvalue weighted by Gasteiger charge is 2.10. The van der Waals surface area contributed by atoms with Gasteiger partial charge in [0.25, 0.3) is 0 Å². The van der Waals surface area contributed by atoms with Crippen LogP contribution in [0.5, 0.6) is 0 Å². The van der Waals surface area contributed by atoms with Crippen LogP contribution in [0.1, 0.15) is 19.8 Å². The molecule has 0 rings (SSSR count). The number of rotatable bonds is 7. The zero-order valence-electron chi connectivity index (χ0n) is 8.62. The number of carbonyl (C=O) groups is 1. The predicted octanol–water partition coefficient (Wildman–Crippen LogP) is 1.53. The van der Waals surface area contributed by atoms with E-state index in [4.69, 9.17) is 5.11 Å². The Hall–Kier alpha value is -0.220. The smallest absolute Gasteiger partial charge is 0.304 e. The van der Waals surface area contributed by atoms with Crippen LogP contribution >= 0.6 is 11.8 Å². The van der Waals surface area contributed by atoms with Crippen molar-refractivity contribution in [1.29, 1.82) is 0 Å². The molecule has 0 radical (unpaired) electrons. The first-order valence-electron chi connectivity index (χ1n) is 4.54. The number of nitrogens with zero attached hydrogens (tertiary/aromatic N) is 1. The van der Waals surface area contributed by atoms with E-state index in [1.165, 1.54) is 0 Å². The van der Waals surface area contributed by atoms with Gasteiger partial charge in [0.2, 0.25) is 0 Å². The molecule has 0 aromatic rings. The molecule has 0 heterocycles. The van der Waals surface area contributed by atoms with Crippen molar-refractivity contribution in [2.45, 2.75) is 25.0 Å². The monoisotopic (exact) mass is 205 g/mol. The second-order valence-electron chi connectivity index (χ2n) is 3.30. The molecule has 0 aromatic carbocycles. The molecule has 0 aliphatic carbocycles. The number of thioether (sulfide) groups is 1. The summed E-state index contributed by atoms with van der Waals surface area (Å²) in [6.07, 6.45) is 1.22. The number of carboxylic acid groups (broad SMARTS) is 1. The minimum absolute atomic E-state index is 0.275. The normalized spacial score (nSPS) is 13.2. The summed E-state index contributed by atoms with van der Waals surface area (Å²) in [6.45, 7) is 3.05. The van der Waals surface area contributed by atoms with Crippen molar-refractivity contribution in [3.05, 3.63) is 0 Å². The molecule has 0 aliphatic heterocycles. The summed E-state index contributed by atoms with van der Waals surface area (Å²) in [4.78, 5) is 12.6. The lowest BCUT2D eigenvalue weighted by atomic mass is 10.2. The van der Waals surface area contributed by atoms with Crippen molar-refractivity contribution in [2.75, 3.05) is 26.4 Å². The van der Waals surface area contributed by atoms with E-state index in [0.29, 0.717) is 0 Å². The lowest BCUT2D eigenvalue weighted by molar-refractivity contribution is -0.136. The molecule has 0 fully saturated rings. The average molecular weight is 205 g/mol. The second-order valence-corrected chi connectivity index (χ2v) is 4.71. The Bertz CT molecular complexity index is 151. The number of aliphatic carboxylic acids is 1. The van der Waals surface area contributed by atoms with Crippen molar-refractivity contribution in [3.8, 4) is 0 Å². The first kappa shape index (κ1) is 12.8. The van der Waals surface area contributed by atoms with Crippen LogP contribution < -0.4 is 0 Å². The Morgan fingerprint density at radius 2 is 2.15 bits per heavy atom. The van der Waals surface area contributed by atoms with Gasteiger partial charge in [0.15, 0.2) is 0 Å². The molecule has 0 spiro atoms. The highest BCUT2D eigenvalue weighted by molar-refractivity contribution is 7.99. The minimum Gasteiger partial charge on any atom is -0.481 e. The van der Waals surface area contributed by atoms with Crippen LogP contribution in [0.15, 0.2) is 0 Å². The van der Waals surface area contributed by atoms with Gasteiger partial charge in [0.05, 0.1) is 6.42 Å². The second kappa shape index (κ2) is 7.21. The minimum atomic E-state index is -0.691. The van der Waals surface area contributed by atoms with E-state index in [1.807, 2.05) is 21.0 Å². The highest BCUT2D eigenvalue weighted by atomic mass is 32.2. The predicted molar refractivity (Wildman–Crippen MR) is 57.3 cm³/mol. The molecule has 0 aromatic heterocycles. The zero-order chi connectivity index (χ0) is 10.3. The van der Waals surface area contributed by atoms with Crippen molar-refractivity contribution < 1.29 is 9.90 Å². The van der Waals surface area contributed by atoms with Gasteiger partial charge in [0.1, 0.15) is 0 Å². The van der Waals surface area contributed by atoms with Gasteiger partial charge < -0.3 is 10.0 Å². The summed E-state index contributed by atoms with van der Waals surface area (Å²) in [7, 11) is 4.05. The van der Waals surface area contributed by atoms with Crippen LogP contribution in [-0.4, -0.2) is 47.6 Å². The summed E-state index contributed by atoms with van der Waals surface area (Å²) in [5.74, 6) is 0.322. The van der Waals surface area contributed by atoms with Crippen LogP contribution in [0.3, 0.4) is 0 Å². The number of hydrogen-bond acceptors (Lipinski definition) is 3. The maximum absolute atomic E-state index is 10.4. The van der Waals surface area contributed by atoms with Gasteiger partial charge in [-0.3, -0.25) is 4.79 Å². The lowest BCUT2D eigenvalue weighted by Gasteiger charge is -2.14. The van der Waals surface area contributed by atoms with Gasteiger partial charge in [-0.1, -0.05) is 6.92 Å². The van der Waals surface area contributed by atoms with Crippen molar-refractivity contribution >= 4 is 17.7 Å². The van der Waals surface area contributed by atoms with Crippen molar-refractivity contribution in [2.24, 2.45) is 0 Å². The van der Waals surface area contributed by atoms with E-state index >= 15 is 0 Å². The number of hydrogen-bond donors (Lipinski definition) is 1. The number of carboxylic acids is 1. The Labute approximate surface area is 84.5 Å². The fraction of sp³-hybridized carbons (Fsp3) is 0.889. The SMILES string of the molecule is CCC(CC(=O)O)SCCN(C)C. The maximum Gasteiger partial charge on any atom is 0.304 e. The van der Waals surface area contributed by atoms with Crippen LogP contribution in [0.2, 0.25) is 0 Å². The molecule has 4 heteroatoms. The molecule has 13 heavy (non-hydrogen) atoms. The quantitative estimate of drug-likeness (QED) is 0.684. The molecule has 1 N–H and O–H groups in total. The van der Waals surface area contributed by atoms with E-state index in [1.54, 1.807) is 11.8 Å². The first-order valence-corrected chi connectivity index (χ1v) is 5.59. The van der Waals surface area contributed by atoms with Gasteiger partial charge in [-0.15, -0.1) is 0 Å². The van der Waals surface area contributed by atoms with E-state index in [9.17, 15) is 4.79 Å². The van der Waals surface area contributed by atoms with Crippen LogP contribution in [0.25, 0.3) is 0 Å². The Morgan fingerprint density at radius 1 is 1.54 bits per heavy atom. The third-order valence-electron chi connectivity index (χ3n) is 1.75. The molecule has 78 valence electrons. The third kappa shape index (κ3) is 8.12. The molecule has 1 unspecified atom stereocenters. The Morgan fingerprint density at radius 3 is 2.54 bits per heavy atom. The van der Waals surface area contributed by atoms with Crippen molar-refractivity contribution in [1.82, 2.24) is 4.90 Å². The highest BCUT2D eigenvalue weighted by Crippen LogP contribution is 2.17. The van der Waals surface area contributed by atoms with Gasteiger partial charge in [-0.25, -0.2) is 0 Å². The Balaban J connectivity index is 3.53. The summed E-state index contributed by atoms with van der Waals surface area (Å²) in [6, 6.07) is 0. The summed E-state index contributed by atoms with van der Waals surface area (Å²) in [5.41, 5.74) is 0. The topological polar surface area (TPSA) is 40.5 Å².